The molecule has 0 aliphatic heterocycles. The zero-order valence-corrected chi connectivity index (χ0v) is 8.19. The van der Waals surface area contributed by atoms with Crippen LogP contribution in [0, 0.1) is 5.82 Å². The Morgan fingerprint density at radius 1 is 1.60 bits per heavy atom. The summed E-state index contributed by atoms with van der Waals surface area (Å²) < 4.78 is 41.8. The summed E-state index contributed by atoms with van der Waals surface area (Å²) in [7, 11) is 1.03. The van der Waals surface area contributed by atoms with Crippen molar-refractivity contribution in [3.05, 3.63) is 28.3 Å². The van der Waals surface area contributed by atoms with Crippen molar-refractivity contribution in [2.75, 3.05) is 7.11 Å². The van der Waals surface area contributed by atoms with Crippen molar-refractivity contribution in [2.24, 2.45) is 0 Å². The van der Waals surface area contributed by atoms with Crippen LogP contribution in [0.1, 0.15) is 22.6 Å². The Kier molecular flexibility index (Phi) is 3.52. The maximum absolute atomic E-state index is 13.0. The summed E-state index contributed by atoms with van der Waals surface area (Å²) in [6.45, 7) is 0. The third kappa shape index (κ3) is 2.38. The Balaban J connectivity index is 3.29. The Bertz CT molecular complexity index is 398. The van der Waals surface area contributed by atoms with Crippen molar-refractivity contribution < 1.29 is 22.7 Å². The number of alkyl halides is 2. The molecule has 0 radical (unpaired) electrons. The van der Waals surface area contributed by atoms with E-state index in [1.807, 2.05) is 0 Å². The number of pyridine rings is 1. The van der Waals surface area contributed by atoms with Gasteiger partial charge in [0.1, 0.15) is 16.5 Å². The first-order valence-corrected chi connectivity index (χ1v) is 4.07. The molecule has 1 heterocycles. The molecule has 0 bridgehead atoms. The van der Waals surface area contributed by atoms with E-state index >= 15 is 0 Å². The molecule has 0 N–H and O–H groups in total. The molecule has 0 atom stereocenters. The summed E-state index contributed by atoms with van der Waals surface area (Å²) in [6, 6.07) is 0.639. The van der Waals surface area contributed by atoms with Gasteiger partial charge in [0.25, 0.3) is 6.43 Å². The van der Waals surface area contributed by atoms with Crippen LogP contribution >= 0.6 is 11.6 Å². The first-order chi connectivity index (χ1) is 6.97. The highest BCUT2D eigenvalue weighted by molar-refractivity contribution is 6.31. The van der Waals surface area contributed by atoms with Gasteiger partial charge in [0, 0.05) is 6.07 Å². The molecule has 7 heteroatoms. The van der Waals surface area contributed by atoms with Crippen molar-refractivity contribution in [3.63, 3.8) is 0 Å². The molecule has 15 heavy (non-hydrogen) atoms. The van der Waals surface area contributed by atoms with Crippen LogP contribution in [0.5, 0.6) is 0 Å². The number of halogens is 4. The van der Waals surface area contributed by atoms with E-state index in [1.54, 1.807) is 0 Å². The number of hydrogen-bond acceptors (Lipinski definition) is 3. The molecule has 0 spiro atoms. The van der Waals surface area contributed by atoms with Crippen molar-refractivity contribution in [1.29, 1.82) is 0 Å². The third-order valence-corrected chi connectivity index (χ3v) is 1.91. The average molecular weight is 240 g/mol. The zero-order chi connectivity index (χ0) is 11.6. The molecule has 0 saturated carbocycles. The smallest absolute Gasteiger partial charge is 0.356 e. The Morgan fingerprint density at radius 3 is 2.67 bits per heavy atom. The van der Waals surface area contributed by atoms with E-state index in [2.05, 4.69) is 9.72 Å². The monoisotopic (exact) mass is 239 g/mol. The minimum absolute atomic E-state index is 0.547. The van der Waals surface area contributed by atoms with Gasteiger partial charge in [-0.15, -0.1) is 0 Å². The number of carbonyl (C=O) groups excluding carboxylic acids is 1. The van der Waals surface area contributed by atoms with Crippen LogP contribution in [0.4, 0.5) is 13.2 Å². The zero-order valence-electron chi connectivity index (χ0n) is 7.43. The molecule has 0 amide bonds. The van der Waals surface area contributed by atoms with Crippen molar-refractivity contribution >= 4 is 17.6 Å². The molecule has 1 aromatic heterocycles. The topological polar surface area (TPSA) is 39.2 Å². The summed E-state index contributed by atoms with van der Waals surface area (Å²) in [5.74, 6) is -2.14. The molecule has 0 fully saturated rings. The predicted octanol–water partition coefficient (Wildman–Crippen LogP) is 2.60. The molecule has 0 saturated heterocycles. The quantitative estimate of drug-likeness (QED) is 0.745. The maximum Gasteiger partial charge on any atom is 0.356 e. The number of rotatable bonds is 2. The van der Waals surface area contributed by atoms with Gasteiger partial charge in [0.05, 0.1) is 7.11 Å². The normalized spacial score (nSPS) is 10.5. The second-order valence-electron chi connectivity index (χ2n) is 2.48. The van der Waals surface area contributed by atoms with E-state index in [1.165, 1.54) is 0 Å². The fourth-order valence-electron chi connectivity index (χ4n) is 0.871. The van der Waals surface area contributed by atoms with E-state index in [0.717, 1.165) is 7.11 Å². The Hall–Kier alpha value is -1.30. The van der Waals surface area contributed by atoms with E-state index < -0.39 is 34.6 Å². The van der Waals surface area contributed by atoms with Gasteiger partial charge < -0.3 is 4.74 Å². The lowest BCUT2D eigenvalue weighted by Gasteiger charge is -2.05. The summed E-state index contributed by atoms with van der Waals surface area (Å²) >= 11 is 5.24. The summed E-state index contributed by atoms with van der Waals surface area (Å²) in [4.78, 5) is 14.1. The fraction of sp³-hybridized carbons (Fsp3) is 0.250. The van der Waals surface area contributed by atoms with Crippen LogP contribution in [-0.4, -0.2) is 18.1 Å². The van der Waals surface area contributed by atoms with E-state index in [9.17, 15) is 18.0 Å². The van der Waals surface area contributed by atoms with Crippen LogP contribution in [0.3, 0.4) is 0 Å². The molecule has 3 nitrogen and oxygen atoms in total. The number of ether oxygens (including phenoxy) is 1. The van der Waals surface area contributed by atoms with Gasteiger partial charge >= 0.3 is 5.97 Å². The Morgan fingerprint density at radius 2 is 2.20 bits per heavy atom. The lowest BCUT2D eigenvalue weighted by molar-refractivity contribution is 0.0591. The van der Waals surface area contributed by atoms with E-state index in [0.29, 0.717) is 6.07 Å². The molecule has 1 aromatic rings. The highest BCUT2D eigenvalue weighted by atomic mass is 35.5. The standard InChI is InChI=1S/C8H5ClF3NO2/c1-15-8(14)4-2-3(10)5(9)6(13-4)7(11)12/h2,7H,1H3. The number of methoxy groups -OCH3 is 1. The fourth-order valence-corrected chi connectivity index (χ4v) is 1.05. The van der Waals surface area contributed by atoms with Gasteiger partial charge in [-0.2, -0.15) is 0 Å². The highest BCUT2D eigenvalue weighted by Gasteiger charge is 2.21. The highest BCUT2D eigenvalue weighted by Crippen LogP contribution is 2.27. The number of aromatic nitrogens is 1. The Labute approximate surface area is 87.8 Å². The van der Waals surface area contributed by atoms with Crippen LogP contribution in [-0.2, 0) is 4.74 Å². The molecule has 1 rings (SSSR count). The average Bonchev–Trinajstić information content (AvgIpc) is 2.20. The minimum atomic E-state index is -3.06. The van der Waals surface area contributed by atoms with Crippen LogP contribution in [0.2, 0.25) is 5.02 Å². The number of hydrogen-bond donors (Lipinski definition) is 0. The van der Waals surface area contributed by atoms with E-state index in [4.69, 9.17) is 11.6 Å². The SMILES string of the molecule is COC(=O)c1cc(F)c(Cl)c(C(F)F)n1. The molecular weight excluding hydrogens is 235 g/mol. The second kappa shape index (κ2) is 4.48. The van der Waals surface area contributed by atoms with Gasteiger partial charge in [0.2, 0.25) is 0 Å². The molecule has 0 unspecified atom stereocenters. The molecule has 0 aliphatic rings. The van der Waals surface area contributed by atoms with E-state index in [-0.39, 0.29) is 0 Å². The summed E-state index contributed by atoms with van der Waals surface area (Å²) in [5.41, 5.74) is -1.52. The largest absolute Gasteiger partial charge is 0.464 e. The lowest BCUT2D eigenvalue weighted by atomic mass is 10.3. The summed E-state index contributed by atoms with van der Waals surface area (Å²) in [5, 5.41) is -0.794. The van der Waals surface area contributed by atoms with Gasteiger partial charge in [-0.3, -0.25) is 0 Å². The van der Waals surface area contributed by atoms with Crippen LogP contribution < -0.4 is 0 Å². The van der Waals surface area contributed by atoms with Crippen LogP contribution in [0.15, 0.2) is 6.07 Å². The number of carbonyl (C=O) groups is 1. The van der Waals surface area contributed by atoms with Gasteiger partial charge in [-0.1, -0.05) is 11.6 Å². The summed E-state index contributed by atoms with van der Waals surface area (Å²) in [6.07, 6.45) is -3.06. The lowest BCUT2D eigenvalue weighted by Crippen LogP contribution is -2.08. The van der Waals surface area contributed by atoms with Crippen LogP contribution in [0.25, 0.3) is 0 Å². The number of esters is 1. The second-order valence-corrected chi connectivity index (χ2v) is 2.86. The van der Waals surface area contributed by atoms with Crippen molar-refractivity contribution in [3.8, 4) is 0 Å². The van der Waals surface area contributed by atoms with Gasteiger partial charge in [-0.25, -0.2) is 22.9 Å². The first kappa shape index (κ1) is 11.8. The molecular formula is C8H5ClF3NO2. The minimum Gasteiger partial charge on any atom is -0.464 e. The van der Waals surface area contributed by atoms with Crippen molar-refractivity contribution in [1.82, 2.24) is 4.98 Å². The maximum atomic E-state index is 13.0. The van der Waals surface area contributed by atoms with Gasteiger partial charge in [-0.05, 0) is 0 Å². The molecule has 0 aromatic carbocycles. The molecule has 0 aliphatic carbocycles. The van der Waals surface area contributed by atoms with Crippen molar-refractivity contribution in [2.45, 2.75) is 6.43 Å². The third-order valence-electron chi connectivity index (χ3n) is 1.54. The predicted molar refractivity (Wildman–Crippen MR) is 45.5 cm³/mol. The van der Waals surface area contributed by atoms with Gasteiger partial charge in [0.15, 0.2) is 5.69 Å². The number of nitrogens with zero attached hydrogens (tertiary/aromatic N) is 1. The first-order valence-electron chi connectivity index (χ1n) is 3.69. The molecule has 82 valence electrons.